The van der Waals surface area contributed by atoms with Crippen LogP contribution in [0.1, 0.15) is 21.1 Å². The summed E-state index contributed by atoms with van der Waals surface area (Å²) >= 11 is 0. The largest absolute Gasteiger partial charge is 0.494 e. The molecule has 10 nitrogen and oxygen atoms in total. The fourth-order valence-corrected chi connectivity index (χ4v) is 2.53. The Bertz CT molecular complexity index is 1030. The quantitative estimate of drug-likeness (QED) is 0.517. The van der Waals surface area contributed by atoms with Gasteiger partial charge in [0.25, 0.3) is 11.8 Å². The van der Waals surface area contributed by atoms with E-state index in [9.17, 15) is 14.4 Å². The lowest BCUT2D eigenvalue weighted by atomic mass is 10.2. The Labute approximate surface area is 171 Å². The third-order valence-corrected chi connectivity index (χ3v) is 3.94. The molecule has 3 amide bonds. The van der Waals surface area contributed by atoms with E-state index in [1.807, 2.05) is 0 Å². The fourth-order valence-electron chi connectivity index (χ4n) is 2.53. The van der Waals surface area contributed by atoms with Gasteiger partial charge < -0.3 is 34.3 Å². The fraction of sp³-hybridized carbons (Fsp3) is 0.150. The molecule has 2 aromatic heterocycles. The first-order valence-corrected chi connectivity index (χ1v) is 8.74. The third-order valence-electron chi connectivity index (χ3n) is 3.94. The highest BCUT2D eigenvalue weighted by Gasteiger charge is 2.18. The van der Waals surface area contributed by atoms with Gasteiger partial charge in [0.2, 0.25) is 5.91 Å². The van der Waals surface area contributed by atoms with Crippen LogP contribution in [0.4, 0.5) is 11.4 Å². The van der Waals surface area contributed by atoms with Crippen molar-refractivity contribution in [1.82, 2.24) is 5.32 Å². The average molecular weight is 413 g/mol. The van der Waals surface area contributed by atoms with Crippen LogP contribution in [0, 0.1) is 0 Å². The molecule has 2 heterocycles. The number of benzene rings is 1. The van der Waals surface area contributed by atoms with Gasteiger partial charge in [-0.25, -0.2) is 0 Å². The van der Waals surface area contributed by atoms with Crippen molar-refractivity contribution in [1.29, 1.82) is 0 Å². The van der Waals surface area contributed by atoms with Crippen molar-refractivity contribution in [3.63, 3.8) is 0 Å². The van der Waals surface area contributed by atoms with E-state index in [1.54, 1.807) is 12.1 Å². The van der Waals surface area contributed by atoms with Gasteiger partial charge >= 0.3 is 0 Å². The van der Waals surface area contributed by atoms with Crippen LogP contribution in [0.5, 0.6) is 11.5 Å². The van der Waals surface area contributed by atoms with Gasteiger partial charge in [0, 0.05) is 12.1 Å². The molecule has 0 fully saturated rings. The molecule has 30 heavy (non-hydrogen) atoms. The number of methoxy groups -OCH3 is 2. The Hall–Kier alpha value is -4.21. The van der Waals surface area contributed by atoms with Gasteiger partial charge in [-0.1, -0.05) is 0 Å². The molecule has 0 aliphatic heterocycles. The van der Waals surface area contributed by atoms with E-state index in [4.69, 9.17) is 18.3 Å². The zero-order valence-corrected chi connectivity index (χ0v) is 16.2. The lowest BCUT2D eigenvalue weighted by Crippen LogP contribution is -2.32. The molecule has 156 valence electrons. The third kappa shape index (κ3) is 4.79. The minimum absolute atomic E-state index is 0.0960. The maximum atomic E-state index is 12.2. The molecule has 10 heteroatoms. The minimum Gasteiger partial charge on any atom is -0.494 e. The van der Waals surface area contributed by atoms with E-state index in [0.29, 0.717) is 11.4 Å². The average Bonchev–Trinajstić information content (AvgIpc) is 3.46. The zero-order chi connectivity index (χ0) is 21.5. The molecular weight excluding hydrogens is 394 g/mol. The number of nitrogens with one attached hydrogen (secondary N) is 3. The molecule has 0 aliphatic rings. The van der Waals surface area contributed by atoms with Crippen molar-refractivity contribution in [3.8, 4) is 11.5 Å². The number of hydrogen-bond acceptors (Lipinski definition) is 7. The standard InChI is InChI=1S/C20H19N3O7/c1-27-16-10-13(23-20(26)15-6-4-8-30-15)17(28-2)9-12(16)22-18(24)11-21-19(25)14-5-3-7-29-14/h3-10H,11H2,1-2H3,(H,21,25)(H,22,24)(H,23,26). The van der Waals surface area contributed by atoms with Crippen LogP contribution in [0.3, 0.4) is 0 Å². The second-order valence-electron chi connectivity index (χ2n) is 5.89. The van der Waals surface area contributed by atoms with Gasteiger partial charge in [0.05, 0.1) is 44.7 Å². The number of amides is 3. The molecule has 1 aromatic carbocycles. The number of carbonyl (C=O) groups excluding carboxylic acids is 3. The highest BCUT2D eigenvalue weighted by Crippen LogP contribution is 2.36. The topological polar surface area (TPSA) is 132 Å². The van der Waals surface area contributed by atoms with Crippen molar-refractivity contribution in [2.24, 2.45) is 0 Å². The summed E-state index contributed by atoms with van der Waals surface area (Å²) in [6.45, 7) is -0.290. The predicted molar refractivity (Wildman–Crippen MR) is 106 cm³/mol. The second kappa shape index (κ2) is 9.32. The first-order chi connectivity index (χ1) is 14.5. The van der Waals surface area contributed by atoms with Crippen molar-refractivity contribution in [2.75, 3.05) is 31.4 Å². The lowest BCUT2D eigenvalue weighted by Gasteiger charge is -2.16. The van der Waals surface area contributed by atoms with Crippen LogP contribution < -0.4 is 25.4 Å². The molecule has 3 N–H and O–H groups in total. The predicted octanol–water partition coefficient (Wildman–Crippen LogP) is 2.51. The number of rotatable bonds is 8. The number of hydrogen-bond donors (Lipinski definition) is 3. The Morgan fingerprint density at radius 3 is 1.87 bits per heavy atom. The van der Waals surface area contributed by atoms with Crippen LogP contribution in [0.15, 0.2) is 57.8 Å². The van der Waals surface area contributed by atoms with Crippen LogP contribution in [-0.2, 0) is 4.79 Å². The minimum atomic E-state index is -0.518. The monoisotopic (exact) mass is 413 g/mol. The van der Waals surface area contributed by atoms with E-state index >= 15 is 0 Å². The van der Waals surface area contributed by atoms with Crippen molar-refractivity contribution >= 4 is 29.1 Å². The van der Waals surface area contributed by atoms with Crippen molar-refractivity contribution in [2.45, 2.75) is 0 Å². The summed E-state index contributed by atoms with van der Waals surface area (Å²) in [7, 11) is 2.83. The van der Waals surface area contributed by atoms with Crippen LogP contribution in [-0.4, -0.2) is 38.5 Å². The summed E-state index contributed by atoms with van der Waals surface area (Å²) in [5, 5.41) is 7.72. The highest BCUT2D eigenvalue weighted by molar-refractivity contribution is 6.04. The van der Waals surface area contributed by atoms with Gasteiger partial charge in [-0.3, -0.25) is 14.4 Å². The summed E-state index contributed by atoms with van der Waals surface area (Å²) in [5.74, 6) is -0.711. The summed E-state index contributed by atoms with van der Waals surface area (Å²) in [6, 6.07) is 9.15. The SMILES string of the molecule is COc1cc(NC(=O)c2ccco2)c(OC)cc1NC(=O)CNC(=O)c1ccco1. The Kier molecular flexibility index (Phi) is 6.38. The Balaban J connectivity index is 1.70. The molecule has 0 spiro atoms. The molecule has 0 aliphatic carbocycles. The summed E-state index contributed by atoms with van der Waals surface area (Å²) in [4.78, 5) is 36.3. The second-order valence-corrected chi connectivity index (χ2v) is 5.89. The molecule has 0 saturated heterocycles. The van der Waals surface area contributed by atoms with E-state index in [0.717, 1.165) is 0 Å². The van der Waals surface area contributed by atoms with Crippen LogP contribution >= 0.6 is 0 Å². The maximum Gasteiger partial charge on any atom is 0.291 e. The van der Waals surface area contributed by atoms with Crippen LogP contribution in [0.2, 0.25) is 0 Å². The smallest absolute Gasteiger partial charge is 0.291 e. The molecule has 3 rings (SSSR count). The van der Waals surface area contributed by atoms with E-state index in [2.05, 4.69) is 16.0 Å². The van der Waals surface area contributed by atoms with Gasteiger partial charge in [0.1, 0.15) is 11.5 Å². The van der Waals surface area contributed by atoms with Crippen LogP contribution in [0.25, 0.3) is 0 Å². The summed E-state index contributed by atoms with van der Waals surface area (Å²) < 4.78 is 20.6. The lowest BCUT2D eigenvalue weighted by molar-refractivity contribution is -0.115. The molecule has 3 aromatic rings. The van der Waals surface area contributed by atoms with Gasteiger partial charge in [-0.05, 0) is 24.3 Å². The molecular formula is C20H19N3O7. The summed E-state index contributed by atoms with van der Waals surface area (Å²) in [5.41, 5.74) is 0.613. The van der Waals surface area contributed by atoms with Gasteiger partial charge in [0.15, 0.2) is 11.5 Å². The normalized spacial score (nSPS) is 10.2. The number of ether oxygens (including phenoxy) is 2. The summed E-state index contributed by atoms with van der Waals surface area (Å²) in [6.07, 6.45) is 2.74. The van der Waals surface area contributed by atoms with Crippen molar-refractivity contribution < 1.29 is 32.7 Å². The first-order valence-electron chi connectivity index (χ1n) is 8.74. The first kappa shape index (κ1) is 20.5. The van der Waals surface area contributed by atoms with E-state index in [1.165, 1.54) is 51.0 Å². The molecule has 0 unspecified atom stereocenters. The Morgan fingerprint density at radius 1 is 0.833 bits per heavy atom. The maximum absolute atomic E-state index is 12.2. The Morgan fingerprint density at radius 2 is 1.37 bits per heavy atom. The zero-order valence-electron chi connectivity index (χ0n) is 16.2. The van der Waals surface area contributed by atoms with E-state index in [-0.39, 0.29) is 29.6 Å². The van der Waals surface area contributed by atoms with Gasteiger partial charge in [-0.2, -0.15) is 0 Å². The number of furan rings is 2. The molecule has 0 radical (unpaired) electrons. The van der Waals surface area contributed by atoms with E-state index < -0.39 is 17.7 Å². The molecule has 0 atom stereocenters. The number of carbonyl (C=O) groups is 3. The highest BCUT2D eigenvalue weighted by atomic mass is 16.5. The molecule has 0 saturated carbocycles. The number of anilines is 2. The van der Waals surface area contributed by atoms with Gasteiger partial charge in [-0.15, -0.1) is 0 Å². The molecule has 0 bridgehead atoms. The van der Waals surface area contributed by atoms with Crippen molar-refractivity contribution in [3.05, 3.63) is 60.4 Å².